The Kier molecular flexibility index (Phi) is 6.71. The highest BCUT2D eigenvalue weighted by molar-refractivity contribution is 5.76. The van der Waals surface area contributed by atoms with E-state index in [0.29, 0.717) is 19.5 Å². The van der Waals surface area contributed by atoms with Crippen LogP contribution in [0.1, 0.15) is 31.7 Å². The second kappa shape index (κ2) is 8.77. The van der Waals surface area contributed by atoms with E-state index in [-0.39, 0.29) is 5.91 Å². The van der Waals surface area contributed by atoms with Crippen molar-refractivity contribution in [3.63, 3.8) is 0 Å². The van der Waals surface area contributed by atoms with Gasteiger partial charge in [-0.15, -0.1) is 0 Å². The van der Waals surface area contributed by atoms with E-state index in [1.165, 1.54) is 0 Å². The standard InChI is InChI=1S/C18H28N2O3/c1-14-7-10-20(11-8-14)18(21)6-9-19-13-15-4-5-16(22-2)17(12-15)23-3/h4-5,12,14,19H,6-11,13H2,1-3H3. The third kappa shape index (κ3) is 5.13. The molecule has 1 saturated heterocycles. The Morgan fingerprint density at radius 3 is 2.57 bits per heavy atom. The predicted molar refractivity (Wildman–Crippen MR) is 90.8 cm³/mol. The van der Waals surface area contributed by atoms with E-state index in [1.54, 1.807) is 14.2 Å². The van der Waals surface area contributed by atoms with Gasteiger partial charge < -0.3 is 19.7 Å². The SMILES string of the molecule is COc1ccc(CNCCC(=O)N2CCC(C)CC2)cc1OC. The topological polar surface area (TPSA) is 50.8 Å². The van der Waals surface area contributed by atoms with Gasteiger partial charge in [0.25, 0.3) is 0 Å². The largest absolute Gasteiger partial charge is 0.493 e. The molecule has 2 rings (SSSR count). The lowest BCUT2D eigenvalue weighted by Crippen LogP contribution is -2.39. The number of rotatable bonds is 7. The lowest BCUT2D eigenvalue weighted by molar-refractivity contribution is -0.132. The predicted octanol–water partition coefficient (Wildman–Crippen LogP) is 2.44. The van der Waals surface area contributed by atoms with Crippen LogP contribution in [0.15, 0.2) is 18.2 Å². The summed E-state index contributed by atoms with van der Waals surface area (Å²) in [6, 6.07) is 5.86. The van der Waals surface area contributed by atoms with Gasteiger partial charge in [-0.3, -0.25) is 4.79 Å². The van der Waals surface area contributed by atoms with Gasteiger partial charge in [0.05, 0.1) is 14.2 Å². The molecule has 23 heavy (non-hydrogen) atoms. The molecule has 0 aromatic heterocycles. The van der Waals surface area contributed by atoms with Gasteiger partial charge in [0.15, 0.2) is 11.5 Å². The molecule has 5 nitrogen and oxygen atoms in total. The molecule has 128 valence electrons. The summed E-state index contributed by atoms with van der Waals surface area (Å²) in [5.41, 5.74) is 1.11. The number of hydrogen-bond acceptors (Lipinski definition) is 4. The number of benzene rings is 1. The molecule has 0 spiro atoms. The van der Waals surface area contributed by atoms with Gasteiger partial charge >= 0.3 is 0 Å². The van der Waals surface area contributed by atoms with Crippen LogP contribution in [0.2, 0.25) is 0 Å². The zero-order valence-electron chi connectivity index (χ0n) is 14.4. The van der Waals surface area contributed by atoms with Crippen molar-refractivity contribution in [1.82, 2.24) is 10.2 Å². The number of hydrogen-bond donors (Lipinski definition) is 1. The highest BCUT2D eigenvalue weighted by Crippen LogP contribution is 2.27. The first-order chi connectivity index (χ1) is 11.1. The van der Waals surface area contributed by atoms with Crippen LogP contribution < -0.4 is 14.8 Å². The highest BCUT2D eigenvalue weighted by Gasteiger charge is 2.19. The average Bonchev–Trinajstić information content (AvgIpc) is 2.58. The smallest absolute Gasteiger partial charge is 0.223 e. The maximum atomic E-state index is 12.1. The van der Waals surface area contributed by atoms with Crippen molar-refractivity contribution in [2.24, 2.45) is 5.92 Å². The van der Waals surface area contributed by atoms with Crippen LogP contribution in [-0.2, 0) is 11.3 Å². The number of nitrogens with one attached hydrogen (secondary N) is 1. The second-order valence-electron chi connectivity index (χ2n) is 6.18. The fraction of sp³-hybridized carbons (Fsp3) is 0.611. The van der Waals surface area contributed by atoms with Crippen molar-refractivity contribution >= 4 is 5.91 Å². The number of ether oxygens (including phenoxy) is 2. The Morgan fingerprint density at radius 1 is 1.22 bits per heavy atom. The number of methoxy groups -OCH3 is 2. The van der Waals surface area contributed by atoms with Crippen molar-refractivity contribution in [2.45, 2.75) is 32.7 Å². The zero-order chi connectivity index (χ0) is 16.7. The lowest BCUT2D eigenvalue weighted by Gasteiger charge is -2.30. The number of piperidine rings is 1. The van der Waals surface area contributed by atoms with E-state index < -0.39 is 0 Å². The quantitative estimate of drug-likeness (QED) is 0.784. The van der Waals surface area contributed by atoms with Crippen LogP contribution in [0.5, 0.6) is 11.5 Å². The lowest BCUT2D eigenvalue weighted by atomic mass is 9.99. The van der Waals surface area contributed by atoms with Gasteiger partial charge in [0.1, 0.15) is 0 Å². The summed E-state index contributed by atoms with van der Waals surface area (Å²) in [6.07, 6.45) is 2.82. The van der Waals surface area contributed by atoms with Crippen molar-refractivity contribution in [3.05, 3.63) is 23.8 Å². The summed E-state index contributed by atoms with van der Waals surface area (Å²) in [5.74, 6) is 2.47. The molecular formula is C18H28N2O3. The Labute approximate surface area is 139 Å². The molecule has 5 heteroatoms. The van der Waals surface area contributed by atoms with E-state index in [9.17, 15) is 4.79 Å². The molecule has 0 atom stereocenters. The van der Waals surface area contributed by atoms with Crippen molar-refractivity contribution in [2.75, 3.05) is 33.9 Å². The minimum atomic E-state index is 0.261. The minimum absolute atomic E-state index is 0.261. The molecule has 1 fully saturated rings. The third-order valence-electron chi connectivity index (χ3n) is 4.43. The van der Waals surface area contributed by atoms with E-state index >= 15 is 0 Å². The van der Waals surface area contributed by atoms with E-state index in [1.807, 2.05) is 23.1 Å². The Hall–Kier alpha value is -1.75. The van der Waals surface area contributed by atoms with Crippen molar-refractivity contribution in [1.29, 1.82) is 0 Å². The van der Waals surface area contributed by atoms with Gasteiger partial charge in [0, 0.05) is 32.6 Å². The van der Waals surface area contributed by atoms with E-state index in [4.69, 9.17) is 9.47 Å². The molecule has 1 aliphatic heterocycles. The summed E-state index contributed by atoms with van der Waals surface area (Å²) >= 11 is 0. The molecule has 1 aromatic carbocycles. The first-order valence-corrected chi connectivity index (χ1v) is 8.33. The molecule has 1 N–H and O–H groups in total. The van der Waals surface area contributed by atoms with Crippen LogP contribution in [0.3, 0.4) is 0 Å². The normalized spacial score (nSPS) is 15.5. The molecule has 0 bridgehead atoms. The first-order valence-electron chi connectivity index (χ1n) is 8.33. The van der Waals surface area contributed by atoms with E-state index in [0.717, 1.165) is 48.9 Å². The molecule has 0 radical (unpaired) electrons. The maximum absolute atomic E-state index is 12.1. The van der Waals surface area contributed by atoms with E-state index in [2.05, 4.69) is 12.2 Å². The van der Waals surface area contributed by atoms with Crippen molar-refractivity contribution in [3.8, 4) is 11.5 Å². The molecular weight excluding hydrogens is 292 g/mol. The molecule has 1 aromatic rings. The third-order valence-corrected chi connectivity index (χ3v) is 4.43. The zero-order valence-corrected chi connectivity index (χ0v) is 14.4. The van der Waals surface area contributed by atoms with Gasteiger partial charge in [0.2, 0.25) is 5.91 Å². The molecule has 1 aliphatic rings. The van der Waals surface area contributed by atoms with Crippen molar-refractivity contribution < 1.29 is 14.3 Å². The number of amides is 1. The average molecular weight is 320 g/mol. The fourth-order valence-corrected chi connectivity index (χ4v) is 2.83. The van der Waals surface area contributed by atoms with Gasteiger partial charge in [-0.2, -0.15) is 0 Å². The van der Waals surface area contributed by atoms with Crippen LogP contribution in [-0.4, -0.2) is 44.7 Å². The van der Waals surface area contributed by atoms with Crippen LogP contribution >= 0.6 is 0 Å². The Balaban J connectivity index is 1.72. The van der Waals surface area contributed by atoms with Gasteiger partial charge in [-0.05, 0) is 36.5 Å². The molecule has 1 heterocycles. The van der Waals surface area contributed by atoms with Crippen LogP contribution in [0.4, 0.5) is 0 Å². The molecule has 0 aliphatic carbocycles. The van der Waals surface area contributed by atoms with Gasteiger partial charge in [-0.1, -0.05) is 13.0 Å². The number of likely N-dealkylation sites (tertiary alicyclic amines) is 1. The maximum Gasteiger partial charge on any atom is 0.223 e. The number of carbonyl (C=O) groups is 1. The van der Waals surface area contributed by atoms with Gasteiger partial charge in [-0.25, -0.2) is 0 Å². The van der Waals surface area contributed by atoms with Crippen LogP contribution in [0, 0.1) is 5.92 Å². The fourth-order valence-electron chi connectivity index (χ4n) is 2.83. The Bertz CT molecular complexity index is 511. The molecule has 0 saturated carbocycles. The molecule has 0 unspecified atom stereocenters. The monoisotopic (exact) mass is 320 g/mol. The molecule has 1 amide bonds. The van der Waals surface area contributed by atoms with Crippen LogP contribution in [0.25, 0.3) is 0 Å². The summed E-state index contributed by atoms with van der Waals surface area (Å²) in [5, 5.41) is 3.33. The summed E-state index contributed by atoms with van der Waals surface area (Å²) < 4.78 is 10.5. The Morgan fingerprint density at radius 2 is 1.91 bits per heavy atom. The number of nitrogens with zero attached hydrogens (tertiary/aromatic N) is 1. The highest BCUT2D eigenvalue weighted by atomic mass is 16.5. The summed E-state index contributed by atoms with van der Waals surface area (Å²) in [6.45, 7) is 5.49. The summed E-state index contributed by atoms with van der Waals surface area (Å²) in [4.78, 5) is 14.1. The number of carbonyl (C=O) groups excluding carboxylic acids is 1. The first kappa shape index (κ1) is 17.6. The minimum Gasteiger partial charge on any atom is -0.493 e. The summed E-state index contributed by atoms with van der Waals surface area (Å²) in [7, 11) is 3.26. The second-order valence-corrected chi connectivity index (χ2v) is 6.18.